The minimum atomic E-state index is -0.115. The molecule has 2 heterocycles. The maximum atomic E-state index is 12.8. The van der Waals surface area contributed by atoms with Crippen LogP contribution >= 0.6 is 0 Å². The van der Waals surface area contributed by atoms with Crippen molar-refractivity contribution in [1.29, 1.82) is 0 Å². The number of hydrogen-bond acceptors (Lipinski definition) is 3. The second-order valence-corrected chi connectivity index (χ2v) is 6.44. The van der Waals surface area contributed by atoms with E-state index in [1.807, 2.05) is 30.0 Å². The highest BCUT2D eigenvalue weighted by Gasteiger charge is 2.26. The lowest BCUT2D eigenvalue weighted by molar-refractivity contribution is -0.135. The van der Waals surface area contributed by atoms with E-state index < -0.39 is 0 Å². The molecule has 2 aromatic rings. The molecule has 0 radical (unpaired) electrons. The molecule has 1 aromatic carbocycles. The Morgan fingerprint density at radius 1 is 1.25 bits per heavy atom. The fourth-order valence-corrected chi connectivity index (χ4v) is 3.63. The number of carbonyl (C=O) groups excluding carboxylic acids is 1. The van der Waals surface area contributed by atoms with E-state index in [1.165, 1.54) is 6.42 Å². The van der Waals surface area contributed by atoms with Crippen molar-refractivity contribution in [2.75, 3.05) is 6.54 Å². The number of aryl methyl sites for hydroxylation is 1. The van der Waals surface area contributed by atoms with Gasteiger partial charge in [-0.25, -0.2) is 4.98 Å². The van der Waals surface area contributed by atoms with Gasteiger partial charge in [-0.1, -0.05) is 26.0 Å². The molecule has 1 saturated heterocycles. The third-order valence-corrected chi connectivity index (χ3v) is 4.97. The Labute approximate surface area is 142 Å². The zero-order chi connectivity index (χ0) is 17.1. The van der Waals surface area contributed by atoms with Crippen molar-refractivity contribution < 1.29 is 4.79 Å². The van der Waals surface area contributed by atoms with Crippen LogP contribution in [0.5, 0.6) is 0 Å². The van der Waals surface area contributed by atoms with Crippen molar-refractivity contribution in [3.8, 4) is 0 Å². The molecule has 1 aliphatic heterocycles. The third-order valence-electron chi connectivity index (χ3n) is 4.97. The third kappa shape index (κ3) is 3.07. The summed E-state index contributed by atoms with van der Waals surface area (Å²) in [5.74, 6) is 0.715. The van der Waals surface area contributed by atoms with Crippen molar-refractivity contribution in [2.24, 2.45) is 0 Å². The van der Waals surface area contributed by atoms with E-state index in [9.17, 15) is 9.59 Å². The molecule has 1 amide bonds. The topological polar surface area (TPSA) is 55.2 Å². The standard InChI is InChI=1S/C19H25N3O2/c1-3-14-9-7-8-12-21(14)18(23)13-22-17(4-2)20-16-11-6-5-10-15(16)19(22)24/h5-6,10-11,14H,3-4,7-9,12-13H2,1-2H3/t14-/m1/s1. The van der Waals surface area contributed by atoms with E-state index in [-0.39, 0.29) is 18.0 Å². The molecule has 1 aliphatic rings. The lowest BCUT2D eigenvalue weighted by Crippen LogP contribution is -2.46. The van der Waals surface area contributed by atoms with E-state index in [0.717, 1.165) is 25.8 Å². The van der Waals surface area contributed by atoms with Crippen molar-refractivity contribution >= 4 is 16.8 Å². The van der Waals surface area contributed by atoms with Crippen LogP contribution in [0.2, 0.25) is 0 Å². The summed E-state index contributed by atoms with van der Waals surface area (Å²) in [5.41, 5.74) is 0.586. The second kappa shape index (κ2) is 7.16. The molecule has 0 spiro atoms. The lowest BCUT2D eigenvalue weighted by Gasteiger charge is -2.35. The maximum absolute atomic E-state index is 12.8. The lowest BCUT2D eigenvalue weighted by atomic mass is 10.00. The first-order chi connectivity index (χ1) is 11.7. The Morgan fingerprint density at radius 2 is 2.04 bits per heavy atom. The van der Waals surface area contributed by atoms with Gasteiger partial charge in [-0.15, -0.1) is 0 Å². The van der Waals surface area contributed by atoms with Crippen LogP contribution in [0.1, 0.15) is 45.4 Å². The summed E-state index contributed by atoms with van der Waals surface area (Å²) in [4.78, 5) is 32.2. The molecule has 0 aliphatic carbocycles. The first-order valence-electron chi connectivity index (χ1n) is 8.93. The Kier molecular flexibility index (Phi) is 4.97. The van der Waals surface area contributed by atoms with Gasteiger partial charge >= 0.3 is 0 Å². The summed E-state index contributed by atoms with van der Waals surface area (Å²) in [6.45, 7) is 4.98. The number of para-hydroxylation sites is 1. The fourth-order valence-electron chi connectivity index (χ4n) is 3.63. The van der Waals surface area contributed by atoms with Crippen LogP contribution in [-0.4, -0.2) is 32.9 Å². The minimum Gasteiger partial charge on any atom is -0.338 e. The van der Waals surface area contributed by atoms with E-state index in [4.69, 9.17) is 0 Å². The zero-order valence-corrected chi connectivity index (χ0v) is 14.5. The van der Waals surface area contributed by atoms with Gasteiger partial charge in [0.25, 0.3) is 5.56 Å². The molecule has 0 N–H and O–H groups in total. The van der Waals surface area contributed by atoms with Gasteiger partial charge in [0.1, 0.15) is 12.4 Å². The number of rotatable bonds is 4. The van der Waals surface area contributed by atoms with Crippen molar-refractivity contribution in [1.82, 2.24) is 14.5 Å². The molecule has 5 heteroatoms. The van der Waals surface area contributed by atoms with Gasteiger partial charge in [-0.05, 0) is 37.8 Å². The van der Waals surface area contributed by atoms with Crippen LogP contribution in [0.4, 0.5) is 0 Å². The number of aromatic nitrogens is 2. The molecule has 1 atom stereocenters. The van der Waals surface area contributed by atoms with Crippen LogP contribution in [-0.2, 0) is 17.8 Å². The average molecular weight is 327 g/mol. The van der Waals surface area contributed by atoms with Crippen molar-refractivity contribution in [2.45, 2.75) is 58.5 Å². The highest BCUT2D eigenvalue weighted by Crippen LogP contribution is 2.20. The normalized spacial score (nSPS) is 18.1. The Balaban J connectivity index is 1.95. The summed E-state index contributed by atoms with van der Waals surface area (Å²) < 4.78 is 1.56. The molecule has 5 nitrogen and oxygen atoms in total. The highest BCUT2D eigenvalue weighted by atomic mass is 16.2. The number of nitrogens with zero attached hydrogens (tertiary/aromatic N) is 3. The largest absolute Gasteiger partial charge is 0.338 e. The first-order valence-corrected chi connectivity index (χ1v) is 8.93. The number of carbonyl (C=O) groups is 1. The number of fused-ring (bicyclic) bond motifs is 1. The molecular weight excluding hydrogens is 302 g/mol. The Hall–Kier alpha value is -2.17. The minimum absolute atomic E-state index is 0.0374. The van der Waals surface area contributed by atoms with Crippen molar-refractivity contribution in [3.05, 3.63) is 40.4 Å². The van der Waals surface area contributed by atoms with Crippen LogP contribution < -0.4 is 5.56 Å². The van der Waals surface area contributed by atoms with E-state index in [0.29, 0.717) is 29.2 Å². The molecule has 3 rings (SSSR count). The van der Waals surface area contributed by atoms with Gasteiger partial charge in [0.15, 0.2) is 0 Å². The fraction of sp³-hybridized carbons (Fsp3) is 0.526. The number of likely N-dealkylation sites (tertiary alicyclic amines) is 1. The van der Waals surface area contributed by atoms with E-state index >= 15 is 0 Å². The van der Waals surface area contributed by atoms with Gasteiger partial charge in [-0.2, -0.15) is 0 Å². The zero-order valence-electron chi connectivity index (χ0n) is 14.5. The predicted molar refractivity (Wildman–Crippen MR) is 95.0 cm³/mol. The number of piperidine rings is 1. The molecule has 0 saturated carbocycles. The molecule has 0 bridgehead atoms. The predicted octanol–water partition coefficient (Wildman–Crippen LogP) is 2.75. The molecule has 24 heavy (non-hydrogen) atoms. The van der Waals surface area contributed by atoms with Crippen LogP contribution in [0.15, 0.2) is 29.1 Å². The number of benzene rings is 1. The second-order valence-electron chi connectivity index (χ2n) is 6.44. The highest BCUT2D eigenvalue weighted by molar-refractivity contribution is 5.79. The SMILES string of the molecule is CCc1nc2ccccc2c(=O)n1CC(=O)N1CCCC[C@H]1CC. The first kappa shape index (κ1) is 16.7. The van der Waals surface area contributed by atoms with Gasteiger partial charge in [0, 0.05) is 19.0 Å². The van der Waals surface area contributed by atoms with Crippen LogP contribution in [0, 0.1) is 0 Å². The molecule has 1 fully saturated rings. The average Bonchev–Trinajstić information content (AvgIpc) is 2.63. The van der Waals surface area contributed by atoms with Gasteiger partial charge in [0.05, 0.1) is 10.9 Å². The maximum Gasteiger partial charge on any atom is 0.261 e. The summed E-state index contributed by atoms with van der Waals surface area (Å²) in [6.07, 6.45) is 4.89. The Morgan fingerprint density at radius 3 is 2.79 bits per heavy atom. The Bertz CT molecular complexity index is 797. The summed E-state index contributed by atoms with van der Waals surface area (Å²) in [6, 6.07) is 7.64. The molecule has 1 aromatic heterocycles. The van der Waals surface area contributed by atoms with Gasteiger partial charge in [0.2, 0.25) is 5.91 Å². The molecule has 128 valence electrons. The van der Waals surface area contributed by atoms with Gasteiger partial charge in [-0.3, -0.25) is 14.2 Å². The number of hydrogen-bond donors (Lipinski definition) is 0. The number of amides is 1. The van der Waals surface area contributed by atoms with Crippen molar-refractivity contribution in [3.63, 3.8) is 0 Å². The molecule has 0 unspecified atom stereocenters. The smallest absolute Gasteiger partial charge is 0.261 e. The van der Waals surface area contributed by atoms with E-state index in [1.54, 1.807) is 10.6 Å². The quantitative estimate of drug-likeness (QED) is 0.867. The van der Waals surface area contributed by atoms with Crippen LogP contribution in [0.3, 0.4) is 0 Å². The monoisotopic (exact) mass is 327 g/mol. The van der Waals surface area contributed by atoms with Crippen LogP contribution in [0.25, 0.3) is 10.9 Å². The van der Waals surface area contributed by atoms with Gasteiger partial charge < -0.3 is 4.90 Å². The summed E-state index contributed by atoms with van der Waals surface area (Å²) in [5, 5.41) is 0.577. The molecular formula is C19H25N3O2. The van der Waals surface area contributed by atoms with E-state index in [2.05, 4.69) is 11.9 Å². The summed E-state index contributed by atoms with van der Waals surface area (Å²) >= 11 is 0. The summed E-state index contributed by atoms with van der Waals surface area (Å²) in [7, 11) is 0.